The molecular formula is C15H6Cl12O. The average Bonchev–Trinajstić information content (AvgIpc) is 2.86. The van der Waals surface area contributed by atoms with Crippen molar-refractivity contribution in [2.45, 2.75) is 35.1 Å². The summed E-state index contributed by atoms with van der Waals surface area (Å²) in [4.78, 5) is 5.86. The van der Waals surface area contributed by atoms with Gasteiger partial charge in [0.1, 0.15) is 25.3 Å². The lowest BCUT2D eigenvalue weighted by atomic mass is 9.71. The molecule has 0 unspecified atom stereocenters. The molecule has 0 heterocycles. The number of Topliss-reactive ketones (excluding diaryl/α,β-unsaturated/α-hetero) is 1. The summed E-state index contributed by atoms with van der Waals surface area (Å²) in [6, 6.07) is 0. The molecule has 0 saturated heterocycles. The summed E-state index contributed by atoms with van der Waals surface area (Å²) in [7, 11) is 0. The minimum atomic E-state index is -2.11. The van der Waals surface area contributed by atoms with Crippen molar-refractivity contribution >= 4 is 145 Å². The van der Waals surface area contributed by atoms with Crippen molar-refractivity contribution in [2.24, 2.45) is 17.8 Å². The monoisotopic (exact) mass is 622 g/mol. The Labute approximate surface area is 220 Å². The molecule has 7 atom stereocenters. The molecular weight excluding hydrogens is 622 g/mol. The highest BCUT2D eigenvalue weighted by molar-refractivity contribution is 6.69. The van der Waals surface area contributed by atoms with Crippen LogP contribution in [0.15, 0.2) is 20.1 Å². The number of hydrogen-bond acceptors (Lipinski definition) is 1. The first kappa shape index (κ1) is 23.8. The second-order valence-corrected chi connectivity index (χ2v) is 13.9. The molecule has 28 heavy (non-hydrogen) atoms. The molecule has 4 bridgehead atoms. The van der Waals surface area contributed by atoms with E-state index in [1.165, 1.54) is 6.92 Å². The number of alkyl halides is 8. The molecule has 0 amide bonds. The Morgan fingerprint density at radius 1 is 0.607 bits per heavy atom. The van der Waals surface area contributed by atoms with Crippen molar-refractivity contribution in [3.05, 3.63) is 20.1 Å². The van der Waals surface area contributed by atoms with E-state index in [-0.39, 0.29) is 20.1 Å². The molecule has 4 rings (SSSR count). The predicted octanol–water partition coefficient (Wildman–Crippen LogP) is 8.12. The summed E-state index contributed by atoms with van der Waals surface area (Å²) in [6.07, 6.45) is 0. The fourth-order valence-corrected chi connectivity index (χ4v) is 11.1. The fourth-order valence-electron chi connectivity index (χ4n) is 4.97. The minimum Gasteiger partial charge on any atom is -0.299 e. The van der Waals surface area contributed by atoms with E-state index in [2.05, 4.69) is 0 Å². The summed E-state index contributed by atoms with van der Waals surface area (Å²) < 4.78 is -4.18. The SMILES string of the molecule is C[C@@H]1C(=O)[C@H]2[C@@H]([C@]3(Cl)C(Cl)=C(Cl)[C@]1(Cl)C3(Cl)Cl)[C@]1(Cl)C(Cl)=C(Cl)[C@]2(Cl)C1(Cl)Cl. The van der Waals surface area contributed by atoms with Gasteiger partial charge in [-0.2, -0.15) is 0 Å². The Bertz CT molecular complexity index is 909. The highest BCUT2D eigenvalue weighted by atomic mass is 35.5. The van der Waals surface area contributed by atoms with Gasteiger partial charge < -0.3 is 0 Å². The zero-order valence-electron chi connectivity index (χ0n) is 13.2. The van der Waals surface area contributed by atoms with Gasteiger partial charge in [0.05, 0.1) is 26.0 Å². The molecule has 4 aliphatic carbocycles. The molecule has 4 aliphatic rings. The van der Waals surface area contributed by atoms with Crippen LogP contribution in [0.4, 0.5) is 0 Å². The van der Waals surface area contributed by atoms with E-state index in [4.69, 9.17) is 139 Å². The minimum absolute atomic E-state index is 0.166. The summed E-state index contributed by atoms with van der Waals surface area (Å²) in [5, 5.41) is -0.720. The van der Waals surface area contributed by atoms with Crippen LogP contribution in [-0.2, 0) is 4.79 Å². The standard InChI is InChI=1S/C15H6Cl12O/c1-2-4(28)3-5(12(22)8(18)6(16)10(2,20)14(12,24)25)13(23)9(19)7(17)11(3,21)15(13,26)27/h2-3,5H,1H3/t2-,3+,5+,10+,11+,12+,13+/m1/s1. The van der Waals surface area contributed by atoms with Gasteiger partial charge in [-0.15, -0.1) is 46.4 Å². The number of carbonyl (C=O) groups is 1. The van der Waals surface area contributed by atoms with Crippen molar-refractivity contribution in [2.75, 3.05) is 0 Å². The van der Waals surface area contributed by atoms with Crippen molar-refractivity contribution in [1.82, 2.24) is 0 Å². The third kappa shape index (κ3) is 1.92. The van der Waals surface area contributed by atoms with Crippen LogP contribution in [0.5, 0.6) is 0 Å². The molecule has 0 spiro atoms. The van der Waals surface area contributed by atoms with Crippen LogP contribution in [0, 0.1) is 17.8 Å². The van der Waals surface area contributed by atoms with Gasteiger partial charge in [-0.05, 0) is 0 Å². The first-order chi connectivity index (χ1) is 12.4. The average molecular weight is 628 g/mol. The quantitative estimate of drug-likeness (QED) is 0.248. The predicted molar refractivity (Wildman–Crippen MR) is 122 cm³/mol. The molecule has 0 aromatic rings. The number of allylic oxidation sites excluding steroid dienone is 4. The Hall–Kier alpha value is 2.63. The number of fused-ring (bicyclic) bond motifs is 8. The van der Waals surface area contributed by atoms with E-state index >= 15 is 0 Å². The largest absolute Gasteiger partial charge is 0.299 e. The van der Waals surface area contributed by atoms with Crippen LogP contribution < -0.4 is 0 Å². The number of hydrogen-bond donors (Lipinski definition) is 0. The Morgan fingerprint density at radius 3 is 1.36 bits per heavy atom. The van der Waals surface area contributed by atoms with Gasteiger partial charge in [0.15, 0.2) is 8.67 Å². The molecule has 0 aliphatic heterocycles. The van der Waals surface area contributed by atoms with Crippen molar-refractivity contribution < 1.29 is 4.79 Å². The first-order valence-electron chi connectivity index (χ1n) is 7.61. The molecule has 13 heteroatoms. The molecule has 2 fully saturated rings. The van der Waals surface area contributed by atoms with Crippen LogP contribution in [-0.4, -0.2) is 33.9 Å². The van der Waals surface area contributed by atoms with E-state index in [9.17, 15) is 4.79 Å². The van der Waals surface area contributed by atoms with Crippen molar-refractivity contribution in [1.29, 1.82) is 0 Å². The molecule has 2 saturated carbocycles. The van der Waals surface area contributed by atoms with E-state index in [0.717, 1.165) is 0 Å². The van der Waals surface area contributed by atoms with Gasteiger partial charge in [0.25, 0.3) is 0 Å². The third-order valence-electron chi connectivity index (χ3n) is 6.44. The maximum Gasteiger partial charge on any atom is 0.167 e. The van der Waals surface area contributed by atoms with E-state index < -0.39 is 51.7 Å². The summed E-state index contributed by atoms with van der Waals surface area (Å²) in [5.41, 5.74) is 0. The Kier molecular flexibility index (Phi) is 5.26. The maximum absolute atomic E-state index is 13.6. The lowest BCUT2D eigenvalue weighted by molar-refractivity contribution is -0.128. The molecule has 0 aromatic heterocycles. The lowest BCUT2D eigenvalue weighted by Crippen LogP contribution is -2.59. The number of carbonyl (C=O) groups excluding carboxylic acids is 1. The van der Waals surface area contributed by atoms with Gasteiger partial charge >= 0.3 is 0 Å². The highest BCUT2D eigenvalue weighted by Crippen LogP contribution is 2.84. The number of halogens is 12. The lowest BCUT2D eigenvalue weighted by Gasteiger charge is -2.47. The van der Waals surface area contributed by atoms with Gasteiger partial charge in [0.2, 0.25) is 0 Å². The molecule has 1 nitrogen and oxygen atoms in total. The van der Waals surface area contributed by atoms with Gasteiger partial charge in [-0.1, -0.05) is 99.7 Å². The topological polar surface area (TPSA) is 17.1 Å². The molecule has 0 radical (unpaired) electrons. The summed E-state index contributed by atoms with van der Waals surface area (Å²) >= 11 is 79.9. The third-order valence-corrected chi connectivity index (χ3v) is 15.0. The zero-order chi connectivity index (χ0) is 21.6. The van der Waals surface area contributed by atoms with Crippen LogP contribution in [0.3, 0.4) is 0 Å². The van der Waals surface area contributed by atoms with E-state index in [0.29, 0.717) is 0 Å². The van der Waals surface area contributed by atoms with Gasteiger partial charge in [0, 0.05) is 11.8 Å². The molecule has 156 valence electrons. The van der Waals surface area contributed by atoms with Gasteiger partial charge in [-0.3, -0.25) is 4.79 Å². The van der Waals surface area contributed by atoms with Crippen LogP contribution in [0.25, 0.3) is 0 Å². The van der Waals surface area contributed by atoms with Crippen LogP contribution >= 0.6 is 139 Å². The fraction of sp³-hybridized carbons (Fsp3) is 0.667. The smallest absolute Gasteiger partial charge is 0.167 e. The Balaban J connectivity index is 2.20. The van der Waals surface area contributed by atoms with E-state index in [1.807, 2.05) is 0 Å². The summed E-state index contributed by atoms with van der Waals surface area (Å²) in [6.45, 7) is 1.48. The first-order valence-corrected chi connectivity index (χ1v) is 12.2. The maximum atomic E-state index is 13.6. The zero-order valence-corrected chi connectivity index (χ0v) is 22.2. The van der Waals surface area contributed by atoms with Gasteiger partial charge in [-0.25, -0.2) is 0 Å². The Morgan fingerprint density at radius 2 is 0.929 bits per heavy atom. The summed E-state index contributed by atoms with van der Waals surface area (Å²) in [5.74, 6) is -4.19. The van der Waals surface area contributed by atoms with Crippen LogP contribution in [0.2, 0.25) is 0 Å². The number of rotatable bonds is 0. The normalized spacial score (nSPS) is 53.8. The second-order valence-electron chi connectivity index (χ2n) is 7.33. The molecule has 0 aromatic carbocycles. The van der Waals surface area contributed by atoms with Crippen LogP contribution in [0.1, 0.15) is 6.92 Å². The second kappa shape index (κ2) is 6.19. The van der Waals surface area contributed by atoms with Crippen molar-refractivity contribution in [3.63, 3.8) is 0 Å². The highest BCUT2D eigenvalue weighted by Gasteiger charge is 2.92. The number of ketones is 1. The molecule has 0 N–H and O–H groups in total. The van der Waals surface area contributed by atoms with E-state index in [1.54, 1.807) is 0 Å². The van der Waals surface area contributed by atoms with Crippen molar-refractivity contribution in [3.8, 4) is 0 Å².